The highest BCUT2D eigenvalue weighted by Gasteiger charge is 1.92. The molecule has 0 aromatic carbocycles. The molecule has 0 saturated carbocycles. The maximum atomic E-state index is 5.30. The molecule has 0 amide bonds. The molecule has 0 N–H and O–H groups in total. The van der Waals surface area contributed by atoms with Crippen molar-refractivity contribution in [1.82, 2.24) is 0 Å². The molecule has 0 fully saturated rings. The van der Waals surface area contributed by atoms with Crippen LogP contribution in [0.5, 0.6) is 0 Å². The first-order valence-corrected chi connectivity index (χ1v) is 4.23. The number of ether oxygens (including phenoxy) is 2. The average Bonchev–Trinajstić information content (AvgIpc) is 2.05. The van der Waals surface area contributed by atoms with Gasteiger partial charge in [0.05, 0.1) is 5.76 Å². The molecule has 0 aliphatic heterocycles. The molecule has 0 aliphatic carbocycles. The second-order valence-corrected chi connectivity index (χ2v) is 2.49. The van der Waals surface area contributed by atoms with E-state index in [2.05, 4.69) is 0 Å². The Balaban J connectivity index is 3.82. The summed E-state index contributed by atoms with van der Waals surface area (Å²) in [6.07, 6.45) is 4.00. The largest absolute Gasteiger partial charge is 0.472 e. The summed E-state index contributed by atoms with van der Waals surface area (Å²) in [7, 11) is 0. The van der Waals surface area contributed by atoms with Gasteiger partial charge in [-0.25, -0.2) is 0 Å². The summed E-state index contributed by atoms with van der Waals surface area (Å²) in [6.45, 7) is 8.92. The quantitative estimate of drug-likeness (QED) is 0.273. The Morgan fingerprint density at radius 1 is 1.33 bits per heavy atom. The van der Waals surface area contributed by atoms with Gasteiger partial charge in [0, 0.05) is 6.61 Å². The van der Waals surface area contributed by atoms with E-state index in [1.165, 1.54) is 0 Å². The van der Waals surface area contributed by atoms with Crippen molar-refractivity contribution in [2.75, 3.05) is 13.4 Å². The topological polar surface area (TPSA) is 18.5 Å². The fourth-order valence-electron chi connectivity index (χ4n) is 0.695. The third-order valence-electron chi connectivity index (χ3n) is 1.53. The van der Waals surface area contributed by atoms with Gasteiger partial charge in [-0.15, -0.1) is 0 Å². The zero-order valence-corrected chi connectivity index (χ0v) is 8.39. The maximum absolute atomic E-state index is 5.30. The number of hydrogen-bond acceptors (Lipinski definition) is 2. The van der Waals surface area contributed by atoms with Gasteiger partial charge in [0.25, 0.3) is 0 Å². The Kier molecular flexibility index (Phi) is 6.48. The molecule has 0 heterocycles. The zero-order chi connectivity index (χ0) is 9.40. The minimum absolute atomic E-state index is 0.344. The molecule has 0 aromatic heterocycles. The fourth-order valence-corrected chi connectivity index (χ4v) is 0.695. The molecule has 0 unspecified atom stereocenters. The van der Waals surface area contributed by atoms with E-state index in [1.54, 1.807) is 0 Å². The molecule has 2 heteroatoms. The van der Waals surface area contributed by atoms with Crippen molar-refractivity contribution in [2.24, 2.45) is 0 Å². The van der Waals surface area contributed by atoms with Gasteiger partial charge in [-0.05, 0) is 33.3 Å². The van der Waals surface area contributed by atoms with Crippen molar-refractivity contribution in [2.45, 2.75) is 27.7 Å². The van der Waals surface area contributed by atoms with Crippen LogP contribution in [0.15, 0.2) is 23.5 Å². The smallest absolute Gasteiger partial charge is 0.188 e. The molecule has 0 radical (unpaired) electrons. The Morgan fingerprint density at radius 2 is 2.00 bits per heavy atom. The number of rotatable bonds is 5. The standard InChI is InChI=1S/C10H18O2/c1-5-7-9(3)10(4)12-8-11-6-2/h5,7H,6,8H2,1-4H3/b7-5-,10-9+. The Bertz CT molecular complexity index is 169. The van der Waals surface area contributed by atoms with Crippen molar-refractivity contribution in [3.8, 4) is 0 Å². The summed E-state index contributed by atoms with van der Waals surface area (Å²) in [5.74, 6) is 0.918. The second-order valence-electron chi connectivity index (χ2n) is 2.49. The van der Waals surface area contributed by atoms with Gasteiger partial charge in [-0.1, -0.05) is 12.2 Å². The summed E-state index contributed by atoms with van der Waals surface area (Å²) in [6, 6.07) is 0. The summed E-state index contributed by atoms with van der Waals surface area (Å²) >= 11 is 0. The van der Waals surface area contributed by atoms with Crippen LogP contribution in [-0.4, -0.2) is 13.4 Å². The SMILES string of the molecule is C/C=C\C(C)=C(/C)OCOCC. The van der Waals surface area contributed by atoms with E-state index >= 15 is 0 Å². The highest BCUT2D eigenvalue weighted by Crippen LogP contribution is 2.05. The Morgan fingerprint density at radius 3 is 2.50 bits per heavy atom. The lowest BCUT2D eigenvalue weighted by molar-refractivity contribution is -0.0176. The van der Waals surface area contributed by atoms with Gasteiger partial charge in [0.15, 0.2) is 6.79 Å². The lowest BCUT2D eigenvalue weighted by Gasteiger charge is -2.07. The van der Waals surface area contributed by atoms with Crippen molar-refractivity contribution in [3.05, 3.63) is 23.5 Å². The second kappa shape index (κ2) is 6.92. The minimum atomic E-state index is 0.344. The lowest BCUT2D eigenvalue weighted by atomic mass is 10.2. The van der Waals surface area contributed by atoms with Crippen LogP contribution in [0.3, 0.4) is 0 Å². The molecule has 0 aliphatic rings. The van der Waals surface area contributed by atoms with E-state index in [4.69, 9.17) is 9.47 Å². The summed E-state index contributed by atoms with van der Waals surface area (Å²) in [5, 5.41) is 0. The lowest BCUT2D eigenvalue weighted by Crippen LogP contribution is -1.98. The van der Waals surface area contributed by atoms with Crippen LogP contribution in [0.1, 0.15) is 27.7 Å². The van der Waals surface area contributed by atoms with E-state index in [1.807, 2.05) is 39.8 Å². The van der Waals surface area contributed by atoms with Gasteiger partial charge in [-0.3, -0.25) is 0 Å². The van der Waals surface area contributed by atoms with E-state index in [9.17, 15) is 0 Å². The van der Waals surface area contributed by atoms with Crippen molar-refractivity contribution < 1.29 is 9.47 Å². The first-order valence-electron chi connectivity index (χ1n) is 4.23. The molecule has 0 spiro atoms. The van der Waals surface area contributed by atoms with E-state index in [-0.39, 0.29) is 0 Å². The molecular formula is C10H18O2. The molecular weight excluding hydrogens is 152 g/mol. The van der Waals surface area contributed by atoms with Crippen molar-refractivity contribution in [1.29, 1.82) is 0 Å². The van der Waals surface area contributed by atoms with Crippen LogP contribution in [-0.2, 0) is 9.47 Å². The van der Waals surface area contributed by atoms with Gasteiger partial charge < -0.3 is 9.47 Å². The van der Waals surface area contributed by atoms with Gasteiger partial charge in [0.1, 0.15) is 0 Å². The Labute approximate surface area is 74.9 Å². The zero-order valence-electron chi connectivity index (χ0n) is 8.39. The highest BCUT2D eigenvalue weighted by atomic mass is 16.7. The molecule has 0 rings (SSSR count). The van der Waals surface area contributed by atoms with Crippen molar-refractivity contribution >= 4 is 0 Å². The fraction of sp³-hybridized carbons (Fsp3) is 0.600. The van der Waals surface area contributed by atoms with Crippen LogP contribution in [0.25, 0.3) is 0 Å². The molecule has 2 nitrogen and oxygen atoms in total. The molecule has 0 bridgehead atoms. The molecule has 12 heavy (non-hydrogen) atoms. The van der Waals surface area contributed by atoms with E-state index in [0.717, 1.165) is 11.3 Å². The highest BCUT2D eigenvalue weighted by molar-refractivity contribution is 5.18. The summed E-state index contributed by atoms with van der Waals surface area (Å²) in [4.78, 5) is 0. The van der Waals surface area contributed by atoms with Crippen LogP contribution in [0.2, 0.25) is 0 Å². The van der Waals surface area contributed by atoms with Crippen molar-refractivity contribution in [3.63, 3.8) is 0 Å². The normalized spacial score (nSPS) is 13.3. The molecule has 0 aromatic rings. The average molecular weight is 170 g/mol. The molecule has 0 atom stereocenters. The molecule has 70 valence electrons. The number of allylic oxidation sites excluding steroid dienone is 4. The van der Waals surface area contributed by atoms with E-state index < -0.39 is 0 Å². The predicted molar refractivity (Wildman–Crippen MR) is 50.8 cm³/mol. The van der Waals surface area contributed by atoms with Crippen LogP contribution >= 0.6 is 0 Å². The monoisotopic (exact) mass is 170 g/mol. The third kappa shape index (κ3) is 4.97. The first-order chi connectivity index (χ1) is 5.72. The summed E-state index contributed by atoms with van der Waals surface area (Å²) < 4.78 is 10.4. The molecule has 0 saturated heterocycles. The van der Waals surface area contributed by atoms with Gasteiger partial charge >= 0.3 is 0 Å². The maximum Gasteiger partial charge on any atom is 0.188 e. The third-order valence-corrected chi connectivity index (χ3v) is 1.53. The predicted octanol–water partition coefficient (Wildman–Crippen LogP) is 2.87. The van der Waals surface area contributed by atoms with E-state index in [0.29, 0.717) is 13.4 Å². The number of hydrogen-bond donors (Lipinski definition) is 0. The first kappa shape index (κ1) is 11.2. The van der Waals surface area contributed by atoms with Crippen LogP contribution < -0.4 is 0 Å². The van der Waals surface area contributed by atoms with Gasteiger partial charge in [0.2, 0.25) is 0 Å². The van der Waals surface area contributed by atoms with Crippen LogP contribution in [0, 0.1) is 0 Å². The minimum Gasteiger partial charge on any atom is -0.472 e. The Hall–Kier alpha value is -0.760. The van der Waals surface area contributed by atoms with Crippen LogP contribution in [0.4, 0.5) is 0 Å². The summed E-state index contributed by atoms with van der Waals surface area (Å²) in [5.41, 5.74) is 1.14. The van der Waals surface area contributed by atoms with Gasteiger partial charge in [-0.2, -0.15) is 0 Å².